The van der Waals surface area contributed by atoms with E-state index in [9.17, 15) is 9.59 Å². The van der Waals surface area contributed by atoms with E-state index in [1.807, 2.05) is 20.8 Å². The van der Waals surface area contributed by atoms with Crippen molar-refractivity contribution in [3.8, 4) is 0 Å². The van der Waals surface area contributed by atoms with Crippen molar-refractivity contribution in [2.75, 3.05) is 0 Å². The maximum absolute atomic E-state index is 11.5. The van der Waals surface area contributed by atoms with Gasteiger partial charge in [-0.25, -0.2) is 4.79 Å². The Labute approximate surface area is 96.7 Å². The van der Waals surface area contributed by atoms with Gasteiger partial charge < -0.3 is 10.1 Å². The lowest BCUT2D eigenvalue weighted by atomic mass is 10.1. The molecule has 16 heavy (non-hydrogen) atoms. The summed E-state index contributed by atoms with van der Waals surface area (Å²) in [5.74, 6) is 0.300. The van der Waals surface area contributed by atoms with Gasteiger partial charge in [0.2, 0.25) is 0 Å². The lowest BCUT2D eigenvalue weighted by molar-refractivity contribution is -0.118. The van der Waals surface area contributed by atoms with Crippen LogP contribution in [-0.2, 0) is 9.53 Å². The van der Waals surface area contributed by atoms with Gasteiger partial charge in [0.05, 0.1) is 0 Å². The summed E-state index contributed by atoms with van der Waals surface area (Å²) in [6.45, 7) is 5.51. The van der Waals surface area contributed by atoms with Crippen molar-refractivity contribution in [3.63, 3.8) is 0 Å². The molecule has 0 unspecified atom stereocenters. The third-order valence-corrected chi connectivity index (χ3v) is 2.50. The van der Waals surface area contributed by atoms with E-state index in [0.29, 0.717) is 18.6 Å². The second-order valence-corrected chi connectivity index (χ2v) is 5.31. The second kappa shape index (κ2) is 5.32. The molecule has 0 bridgehead atoms. The van der Waals surface area contributed by atoms with Crippen molar-refractivity contribution in [1.82, 2.24) is 5.32 Å². The van der Waals surface area contributed by atoms with E-state index in [-0.39, 0.29) is 12.1 Å². The molecule has 0 aliphatic heterocycles. The van der Waals surface area contributed by atoms with Crippen LogP contribution in [0.2, 0.25) is 0 Å². The minimum Gasteiger partial charge on any atom is -0.444 e. The zero-order valence-corrected chi connectivity index (χ0v) is 10.3. The smallest absolute Gasteiger partial charge is 0.407 e. The molecule has 4 nitrogen and oxygen atoms in total. The molecule has 1 amide bonds. The standard InChI is InChI=1S/C12H21NO3/c1-12(2,3)16-11(15)13-9-5-4-6-10(14)8-7-9/h9H,4-8H2,1-3H3,(H,13,15)/t9-/m1/s1. The summed E-state index contributed by atoms with van der Waals surface area (Å²) in [6.07, 6.45) is 3.29. The maximum atomic E-state index is 11.5. The van der Waals surface area contributed by atoms with Gasteiger partial charge in [0.1, 0.15) is 11.4 Å². The molecule has 4 heteroatoms. The Morgan fingerprint density at radius 2 is 2.00 bits per heavy atom. The molecule has 0 saturated heterocycles. The SMILES string of the molecule is CC(C)(C)OC(=O)N[C@@H]1CCCC(=O)CC1. The van der Waals surface area contributed by atoms with Crippen LogP contribution in [0.25, 0.3) is 0 Å². The Bertz CT molecular complexity index is 268. The minimum absolute atomic E-state index is 0.0845. The fourth-order valence-corrected chi connectivity index (χ4v) is 1.77. The zero-order chi connectivity index (χ0) is 12.2. The van der Waals surface area contributed by atoms with Crippen LogP contribution in [0.1, 0.15) is 52.9 Å². The van der Waals surface area contributed by atoms with Crippen LogP contribution in [-0.4, -0.2) is 23.5 Å². The van der Waals surface area contributed by atoms with Crippen LogP contribution in [0.15, 0.2) is 0 Å². The van der Waals surface area contributed by atoms with Gasteiger partial charge in [0.15, 0.2) is 0 Å². The molecule has 92 valence electrons. The van der Waals surface area contributed by atoms with Gasteiger partial charge in [-0.2, -0.15) is 0 Å². The zero-order valence-electron chi connectivity index (χ0n) is 10.3. The summed E-state index contributed by atoms with van der Waals surface area (Å²) in [7, 11) is 0. The molecule has 1 N–H and O–H groups in total. The number of Topliss-reactive ketones (excluding diaryl/α,β-unsaturated/α-hetero) is 1. The summed E-state index contributed by atoms with van der Waals surface area (Å²) < 4.78 is 5.17. The molecule has 1 aliphatic carbocycles. The van der Waals surface area contributed by atoms with Crippen molar-refractivity contribution >= 4 is 11.9 Å². The molecule has 0 aromatic carbocycles. The number of ether oxygens (including phenoxy) is 1. The van der Waals surface area contributed by atoms with Crippen LogP contribution >= 0.6 is 0 Å². The highest BCUT2D eigenvalue weighted by Gasteiger charge is 2.21. The monoisotopic (exact) mass is 227 g/mol. The first-order chi connectivity index (χ1) is 7.37. The molecular weight excluding hydrogens is 206 g/mol. The quantitative estimate of drug-likeness (QED) is 0.700. The second-order valence-electron chi connectivity index (χ2n) is 5.31. The minimum atomic E-state index is -0.468. The number of rotatable bonds is 1. The van der Waals surface area contributed by atoms with Crippen molar-refractivity contribution in [3.05, 3.63) is 0 Å². The molecular formula is C12H21NO3. The number of nitrogens with one attached hydrogen (secondary N) is 1. The van der Waals surface area contributed by atoms with E-state index in [1.165, 1.54) is 0 Å². The normalized spacial score (nSPS) is 22.4. The van der Waals surface area contributed by atoms with Crippen LogP contribution in [0.4, 0.5) is 4.79 Å². The summed E-state index contributed by atoms with van der Waals surface area (Å²) >= 11 is 0. The Morgan fingerprint density at radius 1 is 1.31 bits per heavy atom. The fraction of sp³-hybridized carbons (Fsp3) is 0.833. The first-order valence-electron chi connectivity index (χ1n) is 5.88. The molecule has 1 fully saturated rings. The molecule has 0 radical (unpaired) electrons. The van der Waals surface area contributed by atoms with Gasteiger partial charge >= 0.3 is 6.09 Å². The van der Waals surface area contributed by atoms with Gasteiger partial charge in [0, 0.05) is 18.9 Å². The number of hydrogen-bond acceptors (Lipinski definition) is 3. The molecule has 0 heterocycles. The van der Waals surface area contributed by atoms with E-state index in [1.54, 1.807) is 0 Å². The number of ketones is 1. The highest BCUT2D eigenvalue weighted by Crippen LogP contribution is 2.15. The predicted octanol–water partition coefficient (Wildman–Crippen LogP) is 2.41. The molecule has 0 aromatic rings. The highest BCUT2D eigenvalue weighted by molar-refractivity contribution is 5.78. The van der Waals surface area contributed by atoms with Crippen molar-refractivity contribution in [2.45, 2.75) is 64.5 Å². The first-order valence-corrected chi connectivity index (χ1v) is 5.88. The van der Waals surface area contributed by atoms with E-state index in [4.69, 9.17) is 4.74 Å². The molecule has 1 atom stereocenters. The Kier molecular flexibility index (Phi) is 4.33. The van der Waals surface area contributed by atoms with Gasteiger partial charge in [-0.15, -0.1) is 0 Å². The molecule has 0 aromatic heterocycles. The molecule has 1 rings (SSSR count). The van der Waals surface area contributed by atoms with Gasteiger partial charge in [0.25, 0.3) is 0 Å². The average molecular weight is 227 g/mol. The number of amides is 1. The number of carbonyl (C=O) groups excluding carboxylic acids is 2. The van der Waals surface area contributed by atoms with E-state index >= 15 is 0 Å². The third kappa shape index (κ3) is 5.14. The third-order valence-electron chi connectivity index (χ3n) is 2.50. The Hall–Kier alpha value is -1.06. The topological polar surface area (TPSA) is 55.4 Å². The highest BCUT2D eigenvalue weighted by atomic mass is 16.6. The lowest BCUT2D eigenvalue weighted by Gasteiger charge is -2.22. The van der Waals surface area contributed by atoms with Crippen LogP contribution in [0.5, 0.6) is 0 Å². The number of alkyl carbamates (subject to hydrolysis) is 1. The van der Waals surface area contributed by atoms with E-state index < -0.39 is 5.60 Å². The summed E-state index contributed by atoms with van der Waals surface area (Å²) in [6, 6.07) is 0.0845. The summed E-state index contributed by atoms with van der Waals surface area (Å²) in [5.41, 5.74) is -0.468. The molecule has 1 aliphatic rings. The average Bonchev–Trinajstić information content (AvgIpc) is 2.27. The molecule has 1 saturated carbocycles. The van der Waals surface area contributed by atoms with Crippen LogP contribution < -0.4 is 5.32 Å². The van der Waals surface area contributed by atoms with Crippen molar-refractivity contribution in [1.29, 1.82) is 0 Å². The van der Waals surface area contributed by atoms with Gasteiger partial charge in [-0.05, 0) is 40.0 Å². The van der Waals surface area contributed by atoms with Crippen molar-refractivity contribution < 1.29 is 14.3 Å². The first kappa shape index (κ1) is 13.0. The van der Waals surface area contributed by atoms with Gasteiger partial charge in [-0.3, -0.25) is 4.79 Å². The maximum Gasteiger partial charge on any atom is 0.407 e. The largest absolute Gasteiger partial charge is 0.444 e. The lowest BCUT2D eigenvalue weighted by Crippen LogP contribution is -2.38. The van der Waals surface area contributed by atoms with E-state index in [2.05, 4.69) is 5.32 Å². The summed E-state index contributed by atoms with van der Waals surface area (Å²) in [5, 5.41) is 2.82. The fourth-order valence-electron chi connectivity index (χ4n) is 1.77. The predicted molar refractivity (Wildman–Crippen MR) is 61.2 cm³/mol. The number of carbonyl (C=O) groups is 2. The van der Waals surface area contributed by atoms with Crippen LogP contribution in [0, 0.1) is 0 Å². The number of hydrogen-bond donors (Lipinski definition) is 1. The summed E-state index contributed by atoms with van der Waals surface area (Å²) in [4.78, 5) is 22.7. The van der Waals surface area contributed by atoms with Crippen LogP contribution in [0.3, 0.4) is 0 Å². The molecule has 0 spiro atoms. The van der Waals surface area contributed by atoms with E-state index in [0.717, 1.165) is 19.3 Å². The van der Waals surface area contributed by atoms with Crippen molar-refractivity contribution in [2.24, 2.45) is 0 Å². The van der Waals surface area contributed by atoms with Gasteiger partial charge in [-0.1, -0.05) is 0 Å². The Morgan fingerprint density at radius 3 is 2.62 bits per heavy atom. The Balaban J connectivity index is 2.36.